The lowest BCUT2D eigenvalue weighted by atomic mass is 10.0. The molecule has 0 unspecified atom stereocenters. The predicted octanol–water partition coefficient (Wildman–Crippen LogP) is 1.40. The number of carbonyl (C=O) groups is 2. The van der Waals surface area contributed by atoms with Crippen molar-refractivity contribution in [1.82, 2.24) is 0 Å². The molecule has 1 rings (SSSR count). The van der Waals surface area contributed by atoms with E-state index in [1.807, 2.05) is 0 Å². The molecule has 6 nitrogen and oxygen atoms in total. The average Bonchev–Trinajstić information content (AvgIpc) is 2.37. The van der Waals surface area contributed by atoms with Gasteiger partial charge in [0, 0.05) is 6.42 Å². The highest BCUT2D eigenvalue weighted by Gasteiger charge is 2.22. The van der Waals surface area contributed by atoms with Gasteiger partial charge in [0.1, 0.15) is 10.4 Å². The van der Waals surface area contributed by atoms with Crippen LogP contribution >= 0.6 is 12.2 Å². The van der Waals surface area contributed by atoms with Gasteiger partial charge < -0.3 is 19.7 Å². The van der Waals surface area contributed by atoms with E-state index in [2.05, 4.69) is 12.2 Å². The van der Waals surface area contributed by atoms with Gasteiger partial charge in [-0.2, -0.15) is 0 Å². The molecule has 0 radical (unpaired) electrons. The SMILES string of the molecule is COc1ccc(CC(=S)C(=O)O)c(C(=O)O)c1OC. The minimum Gasteiger partial charge on any atom is -0.493 e. The third kappa shape index (κ3) is 3.19. The Morgan fingerprint density at radius 2 is 1.84 bits per heavy atom. The summed E-state index contributed by atoms with van der Waals surface area (Å²) < 4.78 is 10.0. The van der Waals surface area contributed by atoms with Crippen molar-refractivity contribution in [1.29, 1.82) is 0 Å². The number of hydrogen-bond acceptors (Lipinski definition) is 5. The van der Waals surface area contributed by atoms with Gasteiger partial charge in [-0.05, 0) is 11.6 Å². The summed E-state index contributed by atoms with van der Waals surface area (Å²) in [6, 6.07) is 2.96. The van der Waals surface area contributed by atoms with Gasteiger partial charge in [-0.25, -0.2) is 9.59 Å². The Morgan fingerprint density at radius 3 is 2.26 bits per heavy atom. The molecule has 0 bridgehead atoms. The van der Waals surface area contributed by atoms with Gasteiger partial charge in [0.25, 0.3) is 0 Å². The first-order valence-corrected chi connectivity index (χ1v) is 5.56. The Morgan fingerprint density at radius 1 is 1.21 bits per heavy atom. The number of benzene rings is 1. The zero-order valence-corrected chi connectivity index (χ0v) is 11.1. The molecule has 7 heteroatoms. The van der Waals surface area contributed by atoms with E-state index in [0.29, 0.717) is 0 Å². The van der Waals surface area contributed by atoms with Gasteiger partial charge in [0.15, 0.2) is 11.5 Å². The first kappa shape index (κ1) is 14.9. The summed E-state index contributed by atoms with van der Waals surface area (Å²) in [5.74, 6) is -2.19. The van der Waals surface area contributed by atoms with E-state index in [1.165, 1.54) is 26.4 Å². The number of carboxylic acids is 2. The fourth-order valence-electron chi connectivity index (χ4n) is 1.60. The maximum atomic E-state index is 11.3. The Labute approximate surface area is 114 Å². The molecule has 0 saturated carbocycles. The summed E-state index contributed by atoms with van der Waals surface area (Å²) >= 11 is 4.68. The zero-order valence-electron chi connectivity index (χ0n) is 10.3. The molecule has 0 saturated heterocycles. The van der Waals surface area contributed by atoms with E-state index >= 15 is 0 Å². The highest BCUT2D eigenvalue weighted by Crippen LogP contribution is 2.33. The molecule has 1 aromatic rings. The summed E-state index contributed by atoms with van der Waals surface area (Å²) in [7, 11) is 2.69. The summed E-state index contributed by atoms with van der Waals surface area (Å²) in [5, 5.41) is 18.0. The first-order chi connectivity index (χ1) is 8.92. The second kappa shape index (κ2) is 6.14. The van der Waals surface area contributed by atoms with Crippen LogP contribution in [0.5, 0.6) is 11.5 Å². The summed E-state index contributed by atoms with van der Waals surface area (Å²) in [5.41, 5.74) is 0.114. The molecule has 0 fully saturated rings. The van der Waals surface area contributed by atoms with E-state index in [-0.39, 0.29) is 33.9 Å². The molecule has 102 valence electrons. The van der Waals surface area contributed by atoms with Gasteiger partial charge in [-0.3, -0.25) is 0 Å². The second-order valence-corrected chi connectivity index (χ2v) is 4.04. The topological polar surface area (TPSA) is 93.1 Å². The minimum atomic E-state index is -1.25. The number of aromatic carboxylic acids is 1. The lowest BCUT2D eigenvalue weighted by molar-refractivity contribution is -0.129. The van der Waals surface area contributed by atoms with Gasteiger partial charge in [0.05, 0.1) is 14.2 Å². The number of carboxylic acid groups (broad SMARTS) is 2. The number of aliphatic carboxylic acids is 1. The summed E-state index contributed by atoms with van der Waals surface area (Å²) in [6.45, 7) is 0. The monoisotopic (exact) mass is 284 g/mol. The number of hydrogen-bond donors (Lipinski definition) is 2. The molecule has 0 aliphatic carbocycles. The van der Waals surface area contributed by atoms with Crippen molar-refractivity contribution < 1.29 is 29.3 Å². The lowest BCUT2D eigenvalue weighted by Gasteiger charge is -2.13. The van der Waals surface area contributed by atoms with E-state index in [4.69, 9.17) is 14.6 Å². The van der Waals surface area contributed by atoms with Crippen LogP contribution < -0.4 is 9.47 Å². The van der Waals surface area contributed by atoms with Crippen LogP contribution in [-0.2, 0) is 11.2 Å². The van der Waals surface area contributed by atoms with Crippen LogP contribution in [0.4, 0.5) is 0 Å². The van der Waals surface area contributed by atoms with E-state index < -0.39 is 11.9 Å². The summed E-state index contributed by atoms with van der Waals surface area (Å²) in [4.78, 5) is 21.7. The molecule has 1 aromatic carbocycles. The smallest absolute Gasteiger partial charge is 0.342 e. The van der Waals surface area contributed by atoms with E-state index in [0.717, 1.165) is 0 Å². The zero-order chi connectivity index (χ0) is 14.6. The quantitative estimate of drug-likeness (QED) is 0.762. The van der Waals surface area contributed by atoms with Crippen LogP contribution in [0.3, 0.4) is 0 Å². The van der Waals surface area contributed by atoms with Crippen LogP contribution in [0.15, 0.2) is 12.1 Å². The Kier molecular flexibility index (Phi) is 4.82. The maximum absolute atomic E-state index is 11.3. The Bertz CT molecular complexity index is 537. The van der Waals surface area contributed by atoms with Gasteiger partial charge >= 0.3 is 11.9 Å². The molecule has 0 aliphatic rings. The highest BCUT2D eigenvalue weighted by molar-refractivity contribution is 7.82. The molecule has 0 heterocycles. The molecular weight excluding hydrogens is 272 g/mol. The van der Waals surface area contributed by atoms with Crippen LogP contribution in [0, 0.1) is 0 Å². The fraction of sp³-hybridized carbons (Fsp3) is 0.250. The molecule has 0 aliphatic heterocycles. The number of methoxy groups -OCH3 is 2. The van der Waals surface area contributed by atoms with Gasteiger partial charge in [-0.1, -0.05) is 18.3 Å². The number of rotatable bonds is 6. The van der Waals surface area contributed by atoms with Crippen LogP contribution in [0.1, 0.15) is 15.9 Å². The Hall–Kier alpha value is -2.15. The predicted molar refractivity (Wildman–Crippen MR) is 70.4 cm³/mol. The van der Waals surface area contributed by atoms with E-state index in [1.54, 1.807) is 0 Å². The van der Waals surface area contributed by atoms with Crippen molar-refractivity contribution in [3.8, 4) is 11.5 Å². The molecule has 0 amide bonds. The lowest BCUT2D eigenvalue weighted by Crippen LogP contribution is -2.16. The molecule has 0 atom stereocenters. The minimum absolute atomic E-state index is 0.0423. The number of ether oxygens (including phenoxy) is 2. The van der Waals surface area contributed by atoms with Crippen LogP contribution in [-0.4, -0.2) is 41.2 Å². The average molecular weight is 284 g/mol. The van der Waals surface area contributed by atoms with Crippen LogP contribution in [0.25, 0.3) is 0 Å². The second-order valence-electron chi connectivity index (χ2n) is 3.55. The fourth-order valence-corrected chi connectivity index (χ4v) is 1.75. The Balaban J connectivity index is 3.36. The van der Waals surface area contributed by atoms with Crippen molar-refractivity contribution in [3.63, 3.8) is 0 Å². The first-order valence-electron chi connectivity index (χ1n) is 5.15. The highest BCUT2D eigenvalue weighted by atomic mass is 32.1. The van der Waals surface area contributed by atoms with Crippen molar-refractivity contribution in [2.75, 3.05) is 14.2 Å². The normalized spacial score (nSPS) is 9.79. The maximum Gasteiger partial charge on any atom is 0.342 e. The largest absolute Gasteiger partial charge is 0.493 e. The standard InChI is InChI=1S/C12H12O6S/c1-17-7-4-3-6(5-8(19)11(13)14)9(12(15)16)10(7)18-2/h3-4H,5H2,1-2H3,(H,13,14)(H,15,16). The molecule has 19 heavy (non-hydrogen) atoms. The third-order valence-corrected chi connectivity index (χ3v) is 2.75. The van der Waals surface area contributed by atoms with Crippen molar-refractivity contribution in [2.24, 2.45) is 0 Å². The van der Waals surface area contributed by atoms with Crippen molar-refractivity contribution >= 4 is 29.0 Å². The molecule has 2 N–H and O–H groups in total. The number of thiocarbonyl (C=S) groups is 1. The van der Waals surface area contributed by atoms with Gasteiger partial charge in [0.2, 0.25) is 0 Å². The van der Waals surface area contributed by atoms with Crippen LogP contribution in [0.2, 0.25) is 0 Å². The molecular formula is C12H12O6S. The third-order valence-electron chi connectivity index (χ3n) is 2.44. The van der Waals surface area contributed by atoms with E-state index in [9.17, 15) is 14.7 Å². The van der Waals surface area contributed by atoms with Crippen molar-refractivity contribution in [3.05, 3.63) is 23.3 Å². The molecule has 0 aromatic heterocycles. The summed E-state index contributed by atoms with van der Waals surface area (Å²) in [6.07, 6.45) is -0.160. The van der Waals surface area contributed by atoms with Gasteiger partial charge in [-0.15, -0.1) is 0 Å². The molecule has 0 spiro atoms. The van der Waals surface area contributed by atoms with Crippen molar-refractivity contribution in [2.45, 2.75) is 6.42 Å².